The number of hydrogen-bond donors (Lipinski definition) is 2. The molecule has 0 fully saturated rings. The molecule has 0 aliphatic rings. The Kier molecular flexibility index (Phi) is 3.09. The maximum Gasteiger partial charge on any atom is 0.339 e. The Morgan fingerprint density at radius 1 is 1.39 bits per heavy atom. The molecule has 0 saturated heterocycles. The van der Waals surface area contributed by atoms with Crippen molar-refractivity contribution < 1.29 is 9.90 Å². The maximum atomic E-state index is 10.9. The average molecular weight is 244 g/mol. The zero-order valence-electron chi connectivity index (χ0n) is 9.74. The molecular formula is C12H12N4O2. The van der Waals surface area contributed by atoms with Crippen molar-refractivity contribution in [3.8, 4) is 11.1 Å². The highest BCUT2D eigenvalue weighted by Crippen LogP contribution is 2.19. The third-order valence-corrected chi connectivity index (χ3v) is 2.47. The van der Waals surface area contributed by atoms with Gasteiger partial charge in [0.25, 0.3) is 0 Å². The number of carbonyl (C=O) groups is 1. The van der Waals surface area contributed by atoms with E-state index in [1.807, 2.05) is 13.2 Å². The van der Waals surface area contributed by atoms with Crippen LogP contribution in [0.4, 0.5) is 0 Å². The first-order chi connectivity index (χ1) is 8.61. The van der Waals surface area contributed by atoms with Gasteiger partial charge in [-0.1, -0.05) is 6.07 Å². The molecular weight excluding hydrogens is 232 g/mol. The van der Waals surface area contributed by atoms with Crippen LogP contribution in [0.15, 0.2) is 36.9 Å². The quantitative estimate of drug-likeness (QED) is 0.781. The largest absolute Gasteiger partial charge is 0.478 e. The molecule has 2 aromatic heterocycles. The molecule has 6 nitrogen and oxygen atoms in total. The van der Waals surface area contributed by atoms with E-state index in [0.717, 1.165) is 17.3 Å². The lowest BCUT2D eigenvalue weighted by Gasteiger charge is -2.02. The SMILES string of the molecule is Cn1cc(-c2ccc(C(=CN)C(=O)O)nc2)cn1. The number of nitrogens with two attached hydrogens (primary N) is 1. The fourth-order valence-corrected chi connectivity index (χ4v) is 1.56. The molecule has 0 aliphatic heterocycles. The summed E-state index contributed by atoms with van der Waals surface area (Å²) in [6.07, 6.45) is 6.20. The van der Waals surface area contributed by atoms with Crippen molar-refractivity contribution in [2.24, 2.45) is 12.8 Å². The zero-order valence-corrected chi connectivity index (χ0v) is 9.74. The van der Waals surface area contributed by atoms with E-state index in [1.165, 1.54) is 0 Å². The van der Waals surface area contributed by atoms with Gasteiger partial charge in [-0.15, -0.1) is 0 Å². The van der Waals surface area contributed by atoms with Crippen molar-refractivity contribution in [3.63, 3.8) is 0 Å². The van der Waals surface area contributed by atoms with Crippen LogP contribution < -0.4 is 5.73 Å². The molecule has 0 atom stereocenters. The molecule has 0 unspecified atom stereocenters. The Labute approximate surface area is 103 Å². The van der Waals surface area contributed by atoms with Crippen LogP contribution >= 0.6 is 0 Å². The second-order valence-corrected chi connectivity index (χ2v) is 3.72. The number of nitrogens with zero attached hydrogens (tertiary/aromatic N) is 3. The van der Waals surface area contributed by atoms with Gasteiger partial charge in [0.2, 0.25) is 0 Å². The van der Waals surface area contributed by atoms with Crippen molar-refractivity contribution in [3.05, 3.63) is 42.6 Å². The number of hydrogen-bond acceptors (Lipinski definition) is 4. The second-order valence-electron chi connectivity index (χ2n) is 3.72. The minimum Gasteiger partial charge on any atom is -0.478 e. The van der Waals surface area contributed by atoms with Crippen molar-refractivity contribution in [1.29, 1.82) is 0 Å². The van der Waals surface area contributed by atoms with E-state index in [0.29, 0.717) is 5.69 Å². The first-order valence-corrected chi connectivity index (χ1v) is 5.22. The first kappa shape index (κ1) is 11.8. The van der Waals surface area contributed by atoms with Gasteiger partial charge in [0.1, 0.15) is 5.57 Å². The number of pyridine rings is 1. The van der Waals surface area contributed by atoms with Crippen molar-refractivity contribution >= 4 is 11.5 Å². The van der Waals surface area contributed by atoms with Crippen LogP contribution in [0.25, 0.3) is 16.7 Å². The Morgan fingerprint density at radius 2 is 2.17 bits per heavy atom. The molecule has 0 amide bonds. The second kappa shape index (κ2) is 4.70. The molecule has 0 spiro atoms. The van der Waals surface area contributed by atoms with E-state index in [4.69, 9.17) is 10.8 Å². The van der Waals surface area contributed by atoms with Gasteiger partial charge in [-0.2, -0.15) is 5.10 Å². The number of carboxylic acids is 1. The minimum atomic E-state index is -1.10. The Bertz CT molecular complexity index is 599. The topological polar surface area (TPSA) is 94.0 Å². The molecule has 2 rings (SSSR count). The lowest BCUT2D eigenvalue weighted by atomic mass is 10.1. The standard InChI is InChI=1S/C12H12N4O2/c1-16-7-9(6-15-16)8-2-3-11(14-5-8)10(4-13)12(17)18/h2-7H,13H2,1H3,(H,17,18). The summed E-state index contributed by atoms with van der Waals surface area (Å²) in [5.74, 6) is -1.10. The first-order valence-electron chi connectivity index (χ1n) is 5.22. The van der Waals surface area contributed by atoms with Crippen LogP contribution in [0.1, 0.15) is 5.69 Å². The monoisotopic (exact) mass is 244 g/mol. The molecule has 0 aromatic carbocycles. The highest BCUT2D eigenvalue weighted by Gasteiger charge is 2.11. The van der Waals surface area contributed by atoms with E-state index >= 15 is 0 Å². The van der Waals surface area contributed by atoms with Gasteiger partial charge in [0, 0.05) is 36.8 Å². The number of aromatic nitrogens is 3. The molecule has 0 radical (unpaired) electrons. The summed E-state index contributed by atoms with van der Waals surface area (Å²) in [4.78, 5) is 15.0. The van der Waals surface area contributed by atoms with E-state index in [2.05, 4.69) is 10.1 Å². The lowest BCUT2D eigenvalue weighted by Crippen LogP contribution is -2.04. The van der Waals surface area contributed by atoms with Crippen LogP contribution in [0.2, 0.25) is 0 Å². The number of rotatable bonds is 3. The third-order valence-electron chi connectivity index (χ3n) is 2.47. The van der Waals surface area contributed by atoms with Crippen molar-refractivity contribution in [2.75, 3.05) is 0 Å². The maximum absolute atomic E-state index is 10.9. The summed E-state index contributed by atoms with van der Waals surface area (Å²) in [5, 5.41) is 13.0. The van der Waals surface area contributed by atoms with Crippen molar-refractivity contribution in [1.82, 2.24) is 14.8 Å². The van der Waals surface area contributed by atoms with E-state index < -0.39 is 5.97 Å². The molecule has 2 heterocycles. The molecule has 0 bridgehead atoms. The molecule has 3 N–H and O–H groups in total. The summed E-state index contributed by atoms with van der Waals surface area (Å²) in [7, 11) is 1.82. The summed E-state index contributed by atoms with van der Waals surface area (Å²) >= 11 is 0. The van der Waals surface area contributed by atoms with Crippen LogP contribution in [-0.4, -0.2) is 25.8 Å². The molecule has 6 heteroatoms. The summed E-state index contributed by atoms with van der Waals surface area (Å²) in [6, 6.07) is 3.40. The number of carboxylic acid groups (broad SMARTS) is 1. The summed E-state index contributed by atoms with van der Waals surface area (Å²) < 4.78 is 1.69. The number of aryl methyl sites for hydroxylation is 1. The van der Waals surface area contributed by atoms with Gasteiger partial charge < -0.3 is 10.8 Å². The van der Waals surface area contributed by atoms with E-state index in [9.17, 15) is 4.79 Å². The van der Waals surface area contributed by atoms with Crippen LogP contribution in [0.5, 0.6) is 0 Å². The highest BCUT2D eigenvalue weighted by atomic mass is 16.4. The van der Waals surface area contributed by atoms with Gasteiger partial charge >= 0.3 is 5.97 Å². The van der Waals surface area contributed by atoms with Gasteiger partial charge in [-0.05, 0) is 6.07 Å². The van der Waals surface area contributed by atoms with Crippen molar-refractivity contribution in [2.45, 2.75) is 0 Å². The Balaban J connectivity index is 2.33. The average Bonchev–Trinajstić information content (AvgIpc) is 2.77. The van der Waals surface area contributed by atoms with Gasteiger partial charge in [-0.3, -0.25) is 9.67 Å². The molecule has 0 aliphatic carbocycles. The lowest BCUT2D eigenvalue weighted by molar-refractivity contribution is -0.130. The highest BCUT2D eigenvalue weighted by molar-refractivity contribution is 6.14. The smallest absolute Gasteiger partial charge is 0.339 e. The van der Waals surface area contributed by atoms with E-state index in [1.54, 1.807) is 29.2 Å². The Hall–Kier alpha value is -2.63. The van der Waals surface area contributed by atoms with Gasteiger partial charge in [-0.25, -0.2) is 4.79 Å². The molecule has 2 aromatic rings. The molecule has 0 saturated carbocycles. The van der Waals surface area contributed by atoms with Crippen LogP contribution in [0, 0.1) is 0 Å². The molecule has 18 heavy (non-hydrogen) atoms. The molecule has 92 valence electrons. The Morgan fingerprint density at radius 3 is 2.61 bits per heavy atom. The fraction of sp³-hybridized carbons (Fsp3) is 0.0833. The van der Waals surface area contributed by atoms with Crippen LogP contribution in [0.3, 0.4) is 0 Å². The normalized spacial score (nSPS) is 11.5. The third kappa shape index (κ3) is 2.22. The number of aliphatic carboxylic acids is 1. The summed E-state index contributed by atoms with van der Waals surface area (Å²) in [5.41, 5.74) is 7.36. The van der Waals surface area contributed by atoms with Crippen LogP contribution in [-0.2, 0) is 11.8 Å². The minimum absolute atomic E-state index is 0.0206. The summed E-state index contributed by atoms with van der Waals surface area (Å²) in [6.45, 7) is 0. The fourth-order valence-electron chi connectivity index (χ4n) is 1.56. The van der Waals surface area contributed by atoms with Gasteiger partial charge in [0.05, 0.1) is 11.9 Å². The zero-order chi connectivity index (χ0) is 13.1. The predicted octanol–water partition coefficient (Wildman–Crippen LogP) is 0.866. The van der Waals surface area contributed by atoms with Gasteiger partial charge in [0.15, 0.2) is 0 Å². The predicted molar refractivity (Wildman–Crippen MR) is 66.2 cm³/mol. The van der Waals surface area contributed by atoms with E-state index in [-0.39, 0.29) is 5.57 Å².